The van der Waals surface area contributed by atoms with Crippen molar-refractivity contribution < 1.29 is 15.0 Å². The third-order valence-electron chi connectivity index (χ3n) is 3.23. The van der Waals surface area contributed by atoms with Crippen LogP contribution in [-0.4, -0.2) is 16.5 Å². The monoisotopic (exact) mass is 274 g/mol. The number of hydrogen-bond acceptors (Lipinski definition) is 3. The fraction of sp³-hybridized carbons (Fsp3) is 0.353. The maximum absolute atomic E-state index is 11.0. The molecule has 0 aliphatic carbocycles. The van der Waals surface area contributed by atoms with E-state index in [1.54, 1.807) is 6.07 Å². The van der Waals surface area contributed by atoms with Gasteiger partial charge >= 0.3 is 0 Å². The third-order valence-corrected chi connectivity index (χ3v) is 3.23. The van der Waals surface area contributed by atoms with E-state index < -0.39 is 0 Å². The SMILES string of the molecule is C=C(C)CCc1cc(C=O)c(O)c(CCC(=C)C)c1O. The quantitative estimate of drug-likeness (QED) is 0.585. The summed E-state index contributed by atoms with van der Waals surface area (Å²) in [4.78, 5) is 11.0. The lowest BCUT2D eigenvalue weighted by atomic mass is 9.95. The van der Waals surface area contributed by atoms with Crippen molar-refractivity contribution in [3.63, 3.8) is 0 Å². The lowest BCUT2D eigenvalue weighted by Crippen LogP contribution is -1.98. The first-order valence-electron chi connectivity index (χ1n) is 6.67. The van der Waals surface area contributed by atoms with Crippen molar-refractivity contribution >= 4 is 6.29 Å². The number of aromatic hydroxyl groups is 2. The van der Waals surface area contributed by atoms with Gasteiger partial charge in [-0.15, -0.1) is 13.2 Å². The van der Waals surface area contributed by atoms with E-state index in [-0.39, 0.29) is 17.1 Å². The van der Waals surface area contributed by atoms with Crippen LogP contribution in [0.25, 0.3) is 0 Å². The van der Waals surface area contributed by atoms with E-state index in [9.17, 15) is 15.0 Å². The number of carbonyl (C=O) groups excluding carboxylic acids is 1. The highest BCUT2D eigenvalue weighted by Gasteiger charge is 2.16. The maximum Gasteiger partial charge on any atom is 0.153 e. The van der Waals surface area contributed by atoms with Crippen LogP contribution in [0.4, 0.5) is 0 Å². The Kier molecular flexibility index (Phi) is 5.56. The average Bonchev–Trinajstić information content (AvgIpc) is 2.37. The molecule has 0 saturated carbocycles. The predicted molar refractivity (Wildman–Crippen MR) is 81.4 cm³/mol. The number of allylic oxidation sites excluding steroid dienone is 2. The molecule has 2 N–H and O–H groups in total. The molecule has 0 atom stereocenters. The molecular formula is C17H22O3. The number of phenolic OH excluding ortho intramolecular Hbond substituents is 2. The van der Waals surface area contributed by atoms with Crippen molar-refractivity contribution in [3.05, 3.63) is 47.1 Å². The molecule has 3 heteroatoms. The van der Waals surface area contributed by atoms with Gasteiger partial charge in [0, 0.05) is 5.56 Å². The first-order chi connectivity index (χ1) is 9.36. The van der Waals surface area contributed by atoms with E-state index in [1.807, 2.05) is 13.8 Å². The fourth-order valence-electron chi connectivity index (χ4n) is 2.01. The van der Waals surface area contributed by atoms with Crippen LogP contribution < -0.4 is 0 Å². The van der Waals surface area contributed by atoms with Crippen LogP contribution in [0.1, 0.15) is 48.2 Å². The summed E-state index contributed by atoms with van der Waals surface area (Å²) in [5.74, 6) is -0.0478. The molecule has 0 bridgehead atoms. The van der Waals surface area contributed by atoms with E-state index in [2.05, 4.69) is 13.2 Å². The first kappa shape index (κ1) is 16.0. The van der Waals surface area contributed by atoms with Gasteiger partial charge < -0.3 is 10.2 Å². The number of aldehydes is 1. The van der Waals surface area contributed by atoms with Gasteiger partial charge in [0.15, 0.2) is 6.29 Å². The highest BCUT2D eigenvalue weighted by molar-refractivity contribution is 5.81. The Morgan fingerprint density at radius 3 is 2.15 bits per heavy atom. The number of hydrogen-bond donors (Lipinski definition) is 2. The number of rotatable bonds is 7. The lowest BCUT2D eigenvalue weighted by molar-refractivity contribution is 0.112. The molecule has 0 aromatic heterocycles. The smallest absolute Gasteiger partial charge is 0.153 e. The van der Waals surface area contributed by atoms with Gasteiger partial charge in [0.05, 0.1) is 5.56 Å². The molecule has 0 heterocycles. The minimum atomic E-state index is -0.127. The normalized spacial score (nSPS) is 10.3. The summed E-state index contributed by atoms with van der Waals surface area (Å²) < 4.78 is 0. The Bertz CT molecular complexity index is 542. The van der Waals surface area contributed by atoms with Gasteiger partial charge in [-0.3, -0.25) is 4.79 Å². The van der Waals surface area contributed by atoms with Gasteiger partial charge in [-0.05, 0) is 51.2 Å². The molecule has 1 rings (SSSR count). The first-order valence-corrected chi connectivity index (χ1v) is 6.67. The van der Waals surface area contributed by atoms with Gasteiger partial charge in [0.25, 0.3) is 0 Å². The Morgan fingerprint density at radius 1 is 1.10 bits per heavy atom. The van der Waals surface area contributed by atoms with Gasteiger partial charge in [0.2, 0.25) is 0 Å². The minimum Gasteiger partial charge on any atom is -0.507 e. The molecule has 0 fully saturated rings. The van der Waals surface area contributed by atoms with Gasteiger partial charge in [-0.2, -0.15) is 0 Å². The molecule has 0 radical (unpaired) electrons. The molecule has 0 saturated heterocycles. The van der Waals surface area contributed by atoms with Crippen LogP contribution in [0.15, 0.2) is 30.4 Å². The molecular weight excluding hydrogens is 252 g/mol. The van der Waals surface area contributed by atoms with E-state index in [4.69, 9.17) is 0 Å². The van der Waals surface area contributed by atoms with Crippen molar-refractivity contribution in [3.8, 4) is 11.5 Å². The summed E-state index contributed by atoms with van der Waals surface area (Å²) in [6, 6.07) is 1.55. The van der Waals surface area contributed by atoms with Crippen LogP contribution in [0.2, 0.25) is 0 Å². The number of phenols is 2. The second-order valence-corrected chi connectivity index (χ2v) is 5.33. The van der Waals surface area contributed by atoms with Crippen molar-refractivity contribution in [2.24, 2.45) is 0 Å². The number of carbonyl (C=O) groups is 1. The molecule has 0 aliphatic heterocycles. The van der Waals surface area contributed by atoms with Crippen LogP contribution in [0, 0.1) is 0 Å². The summed E-state index contributed by atoms with van der Waals surface area (Å²) >= 11 is 0. The van der Waals surface area contributed by atoms with E-state index in [1.165, 1.54) is 0 Å². The molecule has 108 valence electrons. The molecule has 0 aliphatic rings. The van der Waals surface area contributed by atoms with Crippen LogP contribution >= 0.6 is 0 Å². The molecule has 3 nitrogen and oxygen atoms in total. The van der Waals surface area contributed by atoms with Crippen molar-refractivity contribution in [1.82, 2.24) is 0 Å². The van der Waals surface area contributed by atoms with Crippen LogP contribution in [0.5, 0.6) is 11.5 Å². The van der Waals surface area contributed by atoms with Gasteiger partial charge in [0.1, 0.15) is 11.5 Å². The van der Waals surface area contributed by atoms with Gasteiger partial charge in [-0.1, -0.05) is 11.1 Å². The van der Waals surface area contributed by atoms with Gasteiger partial charge in [-0.25, -0.2) is 0 Å². The number of benzene rings is 1. The van der Waals surface area contributed by atoms with E-state index in [0.29, 0.717) is 36.7 Å². The predicted octanol–water partition coefficient (Wildman–Crippen LogP) is 3.93. The number of aryl methyl sites for hydroxylation is 1. The Balaban J connectivity index is 3.18. The van der Waals surface area contributed by atoms with Crippen LogP contribution in [-0.2, 0) is 12.8 Å². The zero-order chi connectivity index (χ0) is 15.3. The summed E-state index contributed by atoms with van der Waals surface area (Å²) in [7, 11) is 0. The highest BCUT2D eigenvalue weighted by atomic mass is 16.3. The van der Waals surface area contributed by atoms with Crippen molar-refractivity contribution in [1.29, 1.82) is 0 Å². The lowest BCUT2D eigenvalue weighted by Gasteiger charge is -2.14. The largest absolute Gasteiger partial charge is 0.507 e. The molecule has 0 spiro atoms. The third kappa shape index (κ3) is 3.98. The molecule has 20 heavy (non-hydrogen) atoms. The Labute approximate surface area is 120 Å². The summed E-state index contributed by atoms with van der Waals surface area (Å²) in [6.45, 7) is 11.4. The van der Waals surface area contributed by atoms with Crippen molar-refractivity contribution in [2.75, 3.05) is 0 Å². The topological polar surface area (TPSA) is 57.5 Å². The Hall–Kier alpha value is -2.03. The average molecular weight is 274 g/mol. The molecule has 0 unspecified atom stereocenters. The minimum absolute atomic E-state index is 0.0793. The summed E-state index contributed by atoms with van der Waals surface area (Å²) in [5, 5.41) is 20.3. The zero-order valence-corrected chi connectivity index (χ0v) is 12.2. The standard InChI is InChI=1S/C17H22O3/c1-11(2)5-7-13-9-14(10-18)17(20)15(16(13)19)8-6-12(3)4/h9-10,19-20H,1,3,5-8H2,2,4H3. The maximum atomic E-state index is 11.0. The second kappa shape index (κ2) is 6.94. The van der Waals surface area contributed by atoms with Crippen LogP contribution in [0.3, 0.4) is 0 Å². The molecule has 1 aromatic carbocycles. The zero-order valence-electron chi connectivity index (χ0n) is 12.2. The van der Waals surface area contributed by atoms with Crippen molar-refractivity contribution in [2.45, 2.75) is 39.5 Å². The highest BCUT2D eigenvalue weighted by Crippen LogP contribution is 2.35. The molecule has 0 amide bonds. The fourth-order valence-corrected chi connectivity index (χ4v) is 2.01. The van der Waals surface area contributed by atoms with E-state index >= 15 is 0 Å². The second-order valence-electron chi connectivity index (χ2n) is 5.33. The summed E-state index contributed by atoms with van der Waals surface area (Å²) in [5.41, 5.74) is 3.28. The summed E-state index contributed by atoms with van der Waals surface area (Å²) in [6.07, 6.45) is 3.07. The van der Waals surface area contributed by atoms with E-state index in [0.717, 1.165) is 17.6 Å². The Morgan fingerprint density at radius 2 is 1.65 bits per heavy atom. The molecule has 1 aromatic rings.